The molecule has 0 fully saturated rings. The summed E-state index contributed by atoms with van der Waals surface area (Å²) < 4.78 is 4.40. The Labute approximate surface area is 65.8 Å². The molecule has 0 aliphatic carbocycles. The first-order valence-corrected chi connectivity index (χ1v) is 3.71. The van der Waals surface area contributed by atoms with Crippen LogP contribution < -0.4 is 0 Å². The zero-order valence-electron chi connectivity index (χ0n) is 5.20. The van der Waals surface area contributed by atoms with Crippen LogP contribution in [-0.2, 0) is 9.53 Å². The highest BCUT2D eigenvalue weighted by Crippen LogP contribution is 2.03. The third-order valence-corrected chi connectivity index (χ3v) is 1.93. The molecular formula is C5H10O2S2. The summed E-state index contributed by atoms with van der Waals surface area (Å²) >= 11 is 7.99. The van der Waals surface area contributed by atoms with Crippen molar-refractivity contribution < 1.29 is 9.53 Å². The van der Waals surface area contributed by atoms with Gasteiger partial charge in [0.15, 0.2) is 0 Å². The van der Waals surface area contributed by atoms with E-state index in [2.05, 4.69) is 30.0 Å². The maximum Gasteiger partial charge on any atom is 0.306 e. The molecule has 54 valence electrons. The van der Waals surface area contributed by atoms with E-state index in [0.29, 0.717) is 12.2 Å². The SMILES string of the molecule is COC(=O)CC(S)CS. The molecule has 1 unspecified atom stereocenters. The third-order valence-electron chi connectivity index (χ3n) is 0.841. The number of methoxy groups -OCH3 is 1. The van der Waals surface area contributed by atoms with Crippen molar-refractivity contribution in [3.05, 3.63) is 0 Å². The Hall–Kier alpha value is 0.170. The molecule has 0 heterocycles. The second-order valence-electron chi connectivity index (χ2n) is 1.62. The highest BCUT2D eigenvalue weighted by Gasteiger charge is 2.06. The fourth-order valence-corrected chi connectivity index (χ4v) is 0.618. The van der Waals surface area contributed by atoms with Gasteiger partial charge < -0.3 is 4.74 Å². The summed E-state index contributed by atoms with van der Waals surface area (Å²) in [5.41, 5.74) is 0. The number of rotatable bonds is 3. The molecule has 9 heavy (non-hydrogen) atoms. The molecule has 0 aromatic heterocycles. The van der Waals surface area contributed by atoms with Gasteiger partial charge in [-0.1, -0.05) is 0 Å². The molecule has 0 aliphatic rings. The van der Waals surface area contributed by atoms with Crippen LogP contribution in [0.5, 0.6) is 0 Å². The van der Waals surface area contributed by atoms with E-state index in [9.17, 15) is 4.79 Å². The van der Waals surface area contributed by atoms with Crippen molar-refractivity contribution in [3.63, 3.8) is 0 Å². The van der Waals surface area contributed by atoms with Gasteiger partial charge in [0, 0.05) is 11.0 Å². The number of carbonyl (C=O) groups is 1. The van der Waals surface area contributed by atoms with Crippen molar-refractivity contribution in [2.24, 2.45) is 0 Å². The van der Waals surface area contributed by atoms with E-state index in [0.717, 1.165) is 0 Å². The summed E-state index contributed by atoms with van der Waals surface area (Å²) in [5, 5.41) is 0.0146. The standard InChI is InChI=1S/C5H10O2S2/c1-7-5(6)2-4(9)3-8/h4,8-9H,2-3H2,1H3. The van der Waals surface area contributed by atoms with E-state index in [1.54, 1.807) is 0 Å². The minimum atomic E-state index is -0.232. The molecule has 4 heteroatoms. The molecule has 0 aliphatic heterocycles. The van der Waals surface area contributed by atoms with Crippen LogP contribution in [-0.4, -0.2) is 24.1 Å². The number of hydrogen-bond donors (Lipinski definition) is 2. The highest BCUT2D eigenvalue weighted by atomic mass is 32.1. The lowest BCUT2D eigenvalue weighted by Gasteiger charge is -2.03. The lowest BCUT2D eigenvalue weighted by atomic mass is 10.3. The molecular weight excluding hydrogens is 156 g/mol. The van der Waals surface area contributed by atoms with Gasteiger partial charge >= 0.3 is 5.97 Å². The number of esters is 1. The molecule has 0 bridgehead atoms. The van der Waals surface area contributed by atoms with Gasteiger partial charge in [0.05, 0.1) is 13.5 Å². The fourth-order valence-electron chi connectivity index (χ4n) is 0.340. The summed E-state index contributed by atoms with van der Waals surface area (Å²) in [6.07, 6.45) is 0.336. The first kappa shape index (κ1) is 9.17. The van der Waals surface area contributed by atoms with Crippen LogP contribution in [0.2, 0.25) is 0 Å². The van der Waals surface area contributed by atoms with Crippen LogP contribution in [0.15, 0.2) is 0 Å². The molecule has 0 N–H and O–H groups in total. The van der Waals surface area contributed by atoms with E-state index in [-0.39, 0.29) is 11.2 Å². The summed E-state index contributed by atoms with van der Waals surface area (Å²) in [5.74, 6) is 0.363. The average Bonchev–Trinajstić information content (AvgIpc) is 1.87. The van der Waals surface area contributed by atoms with Gasteiger partial charge in [-0.25, -0.2) is 0 Å². The van der Waals surface area contributed by atoms with Crippen LogP contribution in [0.4, 0.5) is 0 Å². The molecule has 0 saturated carbocycles. The molecule has 1 atom stereocenters. The van der Waals surface area contributed by atoms with Crippen molar-refractivity contribution >= 4 is 31.2 Å². The normalized spacial score (nSPS) is 12.8. The van der Waals surface area contributed by atoms with Crippen molar-refractivity contribution in [3.8, 4) is 0 Å². The second kappa shape index (κ2) is 4.99. The van der Waals surface area contributed by atoms with Crippen LogP contribution >= 0.6 is 25.3 Å². The van der Waals surface area contributed by atoms with E-state index < -0.39 is 0 Å². The summed E-state index contributed by atoms with van der Waals surface area (Å²) in [6.45, 7) is 0. The number of hydrogen-bond acceptors (Lipinski definition) is 4. The smallest absolute Gasteiger partial charge is 0.306 e. The summed E-state index contributed by atoms with van der Waals surface area (Å²) in [6, 6.07) is 0. The number of carbonyl (C=O) groups excluding carboxylic acids is 1. The molecule has 0 spiro atoms. The van der Waals surface area contributed by atoms with Crippen molar-refractivity contribution in [2.75, 3.05) is 12.9 Å². The molecule has 0 radical (unpaired) electrons. The molecule has 2 nitrogen and oxygen atoms in total. The maximum atomic E-state index is 10.5. The predicted molar refractivity (Wildman–Crippen MR) is 43.3 cm³/mol. The van der Waals surface area contributed by atoms with E-state index in [1.165, 1.54) is 7.11 Å². The lowest BCUT2D eigenvalue weighted by Crippen LogP contribution is -2.10. The lowest BCUT2D eigenvalue weighted by molar-refractivity contribution is -0.140. The Morgan fingerprint density at radius 3 is 2.67 bits per heavy atom. The monoisotopic (exact) mass is 166 g/mol. The van der Waals surface area contributed by atoms with E-state index in [4.69, 9.17) is 0 Å². The highest BCUT2D eigenvalue weighted by molar-refractivity contribution is 7.84. The molecule has 0 aromatic rings. The predicted octanol–water partition coefficient (Wildman–Crippen LogP) is 0.778. The maximum absolute atomic E-state index is 10.5. The molecule has 0 aromatic carbocycles. The Morgan fingerprint density at radius 2 is 2.33 bits per heavy atom. The molecule has 0 amide bonds. The fraction of sp³-hybridized carbons (Fsp3) is 0.800. The topological polar surface area (TPSA) is 26.3 Å². The third kappa shape index (κ3) is 4.66. The van der Waals surface area contributed by atoms with Crippen molar-refractivity contribution in [1.29, 1.82) is 0 Å². The van der Waals surface area contributed by atoms with Crippen LogP contribution in [0.1, 0.15) is 6.42 Å². The zero-order chi connectivity index (χ0) is 7.28. The summed E-state index contributed by atoms with van der Waals surface area (Å²) in [7, 11) is 1.36. The number of ether oxygens (including phenoxy) is 1. The quantitative estimate of drug-likeness (QED) is 0.478. The Balaban J connectivity index is 3.34. The van der Waals surface area contributed by atoms with Gasteiger partial charge in [-0.05, 0) is 0 Å². The molecule has 0 saturated heterocycles. The van der Waals surface area contributed by atoms with E-state index in [1.807, 2.05) is 0 Å². The van der Waals surface area contributed by atoms with Crippen LogP contribution in [0.25, 0.3) is 0 Å². The Morgan fingerprint density at radius 1 is 1.78 bits per heavy atom. The zero-order valence-corrected chi connectivity index (χ0v) is 6.99. The van der Waals surface area contributed by atoms with Gasteiger partial charge in [-0.15, -0.1) is 0 Å². The second-order valence-corrected chi connectivity index (χ2v) is 2.71. The van der Waals surface area contributed by atoms with Crippen molar-refractivity contribution in [1.82, 2.24) is 0 Å². The molecule has 0 rings (SSSR count). The Kier molecular flexibility index (Phi) is 5.09. The van der Waals surface area contributed by atoms with E-state index >= 15 is 0 Å². The minimum absolute atomic E-state index is 0.0146. The van der Waals surface area contributed by atoms with Gasteiger partial charge in [0.2, 0.25) is 0 Å². The van der Waals surface area contributed by atoms with Gasteiger partial charge in [-0.2, -0.15) is 25.3 Å². The minimum Gasteiger partial charge on any atom is -0.469 e. The first-order chi connectivity index (χ1) is 4.20. The van der Waals surface area contributed by atoms with Gasteiger partial charge in [0.1, 0.15) is 0 Å². The van der Waals surface area contributed by atoms with Crippen LogP contribution in [0, 0.1) is 0 Å². The van der Waals surface area contributed by atoms with Crippen LogP contribution in [0.3, 0.4) is 0 Å². The largest absolute Gasteiger partial charge is 0.469 e. The number of thiol groups is 2. The van der Waals surface area contributed by atoms with Gasteiger partial charge in [0.25, 0.3) is 0 Å². The van der Waals surface area contributed by atoms with Gasteiger partial charge in [-0.3, -0.25) is 4.79 Å². The van der Waals surface area contributed by atoms with Crippen molar-refractivity contribution in [2.45, 2.75) is 11.7 Å². The first-order valence-electron chi connectivity index (χ1n) is 2.56. The Bertz CT molecular complexity index is 95.0. The average molecular weight is 166 g/mol. The summed E-state index contributed by atoms with van der Waals surface area (Å²) in [4.78, 5) is 10.5.